The minimum Gasteiger partial charge on any atom is -0.392 e. The van der Waals surface area contributed by atoms with Crippen molar-refractivity contribution in [1.29, 1.82) is 0 Å². The summed E-state index contributed by atoms with van der Waals surface area (Å²) in [6.07, 6.45) is 22.5. The zero-order valence-corrected chi connectivity index (χ0v) is 12.8. The van der Waals surface area contributed by atoms with E-state index in [1.165, 1.54) is 12.8 Å². The summed E-state index contributed by atoms with van der Waals surface area (Å²) in [6.45, 7) is 3.71. The van der Waals surface area contributed by atoms with Crippen molar-refractivity contribution in [3.05, 3.63) is 37.0 Å². The van der Waals surface area contributed by atoms with E-state index in [0.717, 1.165) is 32.1 Å². The molecular formula is C19H27NO. The molecule has 114 valence electrons. The lowest BCUT2D eigenvalue weighted by atomic mass is 9.66. The smallest absolute Gasteiger partial charge is 0.0620 e. The first-order valence-electron chi connectivity index (χ1n) is 8.08. The normalized spacial score (nSPS) is 37.0. The van der Waals surface area contributed by atoms with Crippen molar-refractivity contribution in [2.24, 2.45) is 5.92 Å². The predicted octanol–water partition coefficient (Wildman–Crippen LogP) is 3.35. The van der Waals surface area contributed by atoms with Crippen LogP contribution in [0.1, 0.15) is 44.9 Å². The molecule has 2 nitrogen and oxygen atoms in total. The minimum absolute atomic E-state index is 0.0238. The molecule has 2 heteroatoms. The molecule has 0 radical (unpaired) electrons. The monoisotopic (exact) mass is 285 g/mol. The Balaban J connectivity index is 2.12. The van der Waals surface area contributed by atoms with E-state index < -0.39 is 0 Å². The minimum atomic E-state index is -0.279. The molecule has 0 bridgehead atoms. The molecule has 2 rings (SSSR count). The number of hydrogen-bond acceptors (Lipinski definition) is 2. The van der Waals surface area contributed by atoms with E-state index in [-0.39, 0.29) is 17.6 Å². The molecule has 0 aromatic rings. The lowest BCUT2D eigenvalue weighted by Gasteiger charge is -2.51. The van der Waals surface area contributed by atoms with E-state index in [2.05, 4.69) is 23.9 Å². The number of allylic oxidation sites excluding steroid dienone is 3. The fourth-order valence-corrected chi connectivity index (χ4v) is 4.00. The molecular weight excluding hydrogens is 258 g/mol. The highest BCUT2D eigenvalue weighted by Gasteiger charge is 2.45. The summed E-state index contributed by atoms with van der Waals surface area (Å²) in [7, 11) is 0. The van der Waals surface area contributed by atoms with Crippen molar-refractivity contribution in [2.75, 3.05) is 0 Å². The summed E-state index contributed by atoms with van der Waals surface area (Å²) >= 11 is 0. The third-order valence-corrected chi connectivity index (χ3v) is 4.93. The van der Waals surface area contributed by atoms with E-state index in [4.69, 9.17) is 6.42 Å². The highest BCUT2D eigenvalue weighted by molar-refractivity contribution is 5.17. The van der Waals surface area contributed by atoms with Gasteiger partial charge in [-0.15, -0.1) is 6.42 Å². The van der Waals surface area contributed by atoms with Crippen LogP contribution in [0.2, 0.25) is 0 Å². The van der Waals surface area contributed by atoms with Crippen LogP contribution in [0.15, 0.2) is 37.0 Å². The van der Waals surface area contributed by atoms with Crippen LogP contribution in [0.3, 0.4) is 0 Å². The summed E-state index contributed by atoms with van der Waals surface area (Å²) < 4.78 is 0. The van der Waals surface area contributed by atoms with E-state index in [9.17, 15) is 5.11 Å². The fourth-order valence-electron chi connectivity index (χ4n) is 4.00. The summed E-state index contributed by atoms with van der Waals surface area (Å²) in [5.74, 6) is 2.70. The van der Waals surface area contributed by atoms with Gasteiger partial charge in [-0.2, -0.15) is 0 Å². The van der Waals surface area contributed by atoms with E-state index in [1.807, 2.05) is 18.2 Å². The van der Waals surface area contributed by atoms with Gasteiger partial charge in [-0.05, 0) is 44.6 Å². The second kappa shape index (κ2) is 7.64. The van der Waals surface area contributed by atoms with Gasteiger partial charge < -0.3 is 10.4 Å². The topological polar surface area (TPSA) is 32.3 Å². The largest absolute Gasteiger partial charge is 0.392 e. The van der Waals surface area contributed by atoms with Gasteiger partial charge in [0.1, 0.15) is 0 Å². The molecule has 0 aromatic heterocycles. The highest BCUT2D eigenvalue weighted by atomic mass is 16.3. The Morgan fingerprint density at radius 1 is 1.33 bits per heavy atom. The molecule has 0 unspecified atom stereocenters. The highest BCUT2D eigenvalue weighted by Crippen LogP contribution is 2.41. The number of aliphatic hydroxyl groups excluding tert-OH is 1. The van der Waals surface area contributed by atoms with Crippen molar-refractivity contribution in [3.63, 3.8) is 0 Å². The maximum atomic E-state index is 10.4. The Bertz CT molecular complexity index is 441. The van der Waals surface area contributed by atoms with Crippen LogP contribution >= 0.6 is 0 Å². The Kier molecular flexibility index (Phi) is 5.85. The van der Waals surface area contributed by atoms with Crippen molar-refractivity contribution in [3.8, 4) is 12.3 Å². The number of aliphatic hydroxyl groups is 1. The zero-order valence-electron chi connectivity index (χ0n) is 12.8. The second-order valence-electron chi connectivity index (χ2n) is 6.30. The number of hydrogen-bond donors (Lipinski definition) is 2. The molecule has 1 spiro atoms. The lowest BCUT2D eigenvalue weighted by molar-refractivity contribution is 0.00393. The van der Waals surface area contributed by atoms with Crippen molar-refractivity contribution in [2.45, 2.75) is 62.6 Å². The molecule has 1 saturated carbocycles. The molecule has 4 atom stereocenters. The van der Waals surface area contributed by atoms with Crippen molar-refractivity contribution in [1.82, 2.24) is 5.32 Å². The van der Waals surface area contributed by atoms with Gasteiger partial charge >= 0.3 is 0 Å². The van der Waals surface area contributed by atoms with Crippen LogP contribution in [0.4, 0.5) is 0 Å². The van der Waals surface area contributed by atoms with Gasteiger partial charge in [0, 0.05) is 17.5 Å². The molecule has 1 aliphatic carbocycles. The molecule has 0 aromatic carbocycles. The van der Waals surface area contributed by atoms with Crippen molar-refractivity contribution >= 4 is 0 Å². The molecule has 0 amide bonds. The maximum Gasteiger partial charge on any atom is 0.0620 e. The summed E-state index contributed by atoms with van der Waals surface area (Å²) in [6, 6.07) is 0.488. The Labute approximate surface area is 129 Å². The van der Waals surface area contributed by atoms with Crippen LogP contribution in [0, 0.1) is 18.3 Å². The van der Waals surface area contributed by atoms with Crippen LogP contribution in [0.5, 0.6) is 0 Å². The first-order valence-corrected chi connectivity index (χ1v) is 8.08. The average Bonchev–Trinajstić information content (AvgIpc) is 2.47. The quantitative estimate of drug-likeness (QED) is 0.613. The van der Waals surface area contributed by atoms with Gasteiger partial charge in [0.25, 0.3) is 0 Å². The number of terminal acetylenes is 1. The molecule has 1 aliphatic heterocycles. The Hall–Kier alpha value is -1.30. The van der Waals surface area contributed by atoms with Gasteiger partial charge in [0.15, 0.2) is 0 Å². The van der Waals surface area contributed by atoms with Crippen LogP contribution in [-0.4, -0.2) is 22.8 Å². The van der Waals surface area contributed by atoms with Crippen LogP contribution in [0.25, 0.3) is 0 Å². The maximum absolute atomic E-state index is 10.4. The molecule has 1 heterocycles. The van der Waals surface area contributed by atoms with E-state index >= 15 is 0 Å². The number of piperidine rings is 1. The third-order valence-electron chi connectivity index (χ3n) is 4.93. The standard InChI is InChI=1S/C19H27NO/c1-3-5-7-10-16-11-8-14-19(20-16)15-9-13-18(21)17(19)12-6-4-2/h2-3,5-7,12,16-18,20-21H,1,8-11,13-15H2/b7-5-,12-6+/t16-,17-,18+,19-/m1/s1. The fraction of sp³-hybridized carbons (Fsp3) is 0.579. The predicted molar refractivity (Wildman–Crippen MR) is 88.8 cm³/mol. The molecule has 2 fully saturated rings. The molecule has 21 heavy (non-hydrogen) atoms. The summed E-state index contributed by atoms with van der Waals surface area (Å²) in [5, 5.41) is 14.3. The van der Waals surface area contributed by atoms with Crippen LogP contribution < -0.4 is 5.32 Å². The van der Waals surface area contributed by atoms with E-state index in [1.54, 1.807) is 6.08 Å². The first kappa shape index (κ1) is 16.1. The first-order chi connectivity index (χ1) is 10.2. The molecule has 1 saturated heterocycles. The average molecular weight is 285 g/mol. The van der Waals surface area contributed by atoms with Crippen molar-refractivity contribution < 1.29 is 5.11 Å². The summed E-state index contributed by atoms with van der Waals surface area (Å²) in [4.78, 5) is 0. The second-order valence-corrected chi connectivity index (χ2v) is 6.30. The molecule has 2 N–H and O–H groups in total. The SMILES string of the molecule is C#C/C=C/[C@@H]1[C@@H](O)CCC[C@]12CCC[C@@H](C/C=C\C=C)N2. The third kappa shape index (κ3) is 3.87. The Morgan fingerprint density at radius 2 is 2.10 bits per heavy atom. The van der Waals surface area contributed by atoms with Gasteiger partial charge in [-0.3, -0.25) is 0 Å². The van der Waals surface area contributed by atoms with E-state index in [0.29, 0.717) is 6.04 Å². The van der Waals surface area contributed by atoms with Gasteiger partial charge in [-0.1, -0.05) is 43.2 Å². The number of nitrogens with one attached hydrogen (secondary N) is 1. The lowest BCUT2D eigenvalue weighted by Crippen LogP contribution is -2.61. The van der Waals surface area contributed by atoms with Gasteiger partial charge in [-0.25, -0.2) is 0 Å². The van der Waals surface area contributed by atoms with Gasteiger partial charge in [0.05, 0.1) is 6.10 Å². The van der Waals surface area contributed by atoms with Gasteiger partial charge in [0.2, 0.25) is 0 Å². The number of rotatable bonds is 4. The molecule has 2 aliphatic rings. The van der Waals surface area contributed by atoms with Crippen LogP contribution in [-0.2, 0) is 0 Å². The summed E-state index contributed by atoms with van der Waals surface area (Å²) in [5.41, 5.74) is 0.0238. The Morgan fingerprint density at radius 3 is 2.81 bits per heavy atom. The zero-order chi connectivity index (χ0) is 15.1.